The third-order valence-corrected chi connectivity index (χ3v) is 5.76. The lowest BCUT2D eigenvalue weighted by Crippen LogP contribution is -2.49. The first kappa shape index (κ1) is 19.3. The van der Waals surface area contributed by atoms with Crippen molar-refractivity contribution < 1.29 is 19.1 Å². The molecule has 0 saturated carbocycles. The van der Waals surface area contributed by atoms with E-state index in [2.05, 4.69) is 5.32 Å². The summed E-state index contributed by atoms with van der Waals surface area (Å²) in [5, 5.41) is 6.81. The Morgan fingerprint density at radius 3 is 2.81 bits per heavy atom. The second-order valence-corrected chi connectivity index (χ2v) is 7.83. The van der Waals surface area contributed by atoms with Crippen molar-refractivity contribution in [2.24, 2.45) is 0 Å². The van der Waals surface area contributed by atoms with Gasteiger partial charge in [-0.1, -0.05) is 0 Å². The fraction of sp³-hybridized carbons (Fsp3) is 0.684. The van der Waals surface area contributed by atoms with Gasteiger partial charge in [0.25, 0.3) is 11.8 Å². The SMILES string of the molecule is CC(OCC1CCCCO1)C(=O)N1CCC(NC(=O)c2ccsc2)CC1. The lowest BCUT2D eigenvalue weighted by molar-refractivity contribution is -0.147. The van der Waals surface area contributed by atoms with E-state index in [1.807, 2.05) is 28.7 Å². The Labute approximate surface area is 158 Å². The summed E-state index contributed by atoms with van der Waals surface area (Å²) in [6, 6.07) is 1.95. The highest BCUT2D eigenvalue weighted by atomic mass is 32.1. The number of ether oxygens (including phenoxy) is 2. The van der Waals surface area contributed by atoms with Crippen LogP contribution < -0.4 is 5.32 Å². The predicted octanol–water partition coefficient (Wildman–Crippen LogP) is 2.44. The van der Waals surface area contributed by atoms with Crippen LogP contribution in [0.4, 0.5) is 0 Å². The number of carbonyl (C=O) groups excluding carboxylic acids is 2. The Balaban J connectivity index is 1.37. The maximum absolute atomic E-state index is 12.6. The molecule has 1 N–H and O–H groups in total. The van der Waals surface area contributed by atoms with E-state index in [1.165, 1.54) is 17.8 Å². The van der Waals surface area contributed by atoms with Gasteiger partial charge in [-0.25, -0.2) is 0 Å². The third-order valence-electron chi connectivity index (χ3n) is 5.08. The molecule has 2 atom stereocenters. The number of nitrogens with one attached hydrogen (secondary N) is 1. The molecule has 2 aliphatic heterocycles. The van der Waals surface area contributed by atoms with Crippen molar-refractivity contribution in [3.63, 3.8) is 0 Å². The molecule has 2 unspecified atom stereocenters. The van der Waals surface area contributed by atoms with E-state index in [0.717, 1.165) is 32.3 Å². The summed E-state index contributed by atoms with van der Waals surface area (Å²) in [6.45, 7) is 4.40. The van der Waals surface area contributed by atoms with Crippen LogP contribution >= 0.6 is 11.3 Å². The van der Waals surface area contributed by atoms with Crippen LogP contribution in [0.25, 0.3) is 0 Å². The maximum Gasteiger partial charge on any atom is 0.252 e. The van der Waals surface area contributed by atoms with Crippen LogP contribution in [0, 0.1) is 0 Å². The number of carbonyl (C=O) groups is 2. The van der Waals surface area contributed by atoms with Crippen LogP contribution in [0.15, 0.2) is 16.8 Å². The molecule has 144 valence electrons. The highest BCUT2D eigenvalue weighted by Crippen LogP contribution is 2.16. The number of thiophene rings is 1. The third kappa shape index (κ3) is 5.28. The van der Waals surface area contributed by atoms with Crippen LogP contribution in [-0.4, -0.2) is 61.3 Å². The van der Waals surface area contributed by atoms with Gasteiger partial charge >= 0.3 is 0 Å². The second kappa shape index (κ2) is 9.48. The second-order valence-electron chi connectivity index (χ2n) is 7.05. The molecule has 2 amide bonds. The van der Waals surface area contributed by atoms with Gasteiger partial charge in [0.1, 0.15) is 6.10 Å². The lowest BCUT2D eigenvalue weighted by atomic mass is 10.0. The predicted molar refractivity (Wildman–Crippen MR) is 100 cm³/mol. The van der Waals surface area contributed by atoms with Crippen molar-refractivity contribution in [1.29, 1.82) is 0 Å². The minimum Gasteiger partial charge on any atom is -0.376 e. The minimum absolute atomic E-state index is 0.0276. The monoisotopic (exact) mass is 380 g/mol. The molecule has 1 aromatic rings. The number of likely N-dealkylation sites (tertiary alicyclic amines) is 1. The lowest BCUT2D eigenvalue weighted by Gasteiger charge is -2.34. The molecule has 3 rings (SSSR count). The van der Waals surface area contributed by atoms with Gasteiger partial charge < -0.3 is 19.7 Å². The molecular weight excluding hydrogens is 352 g/mol. The molecule has 0 radical (unpaired) electrons. The quantitative estimate of drug-likeness (QED) is 0.823. The molecule has 2 fully saturated rings. The summed E-state index contributed by atoms with van der Waals surface area (Å²) in [5.41, 5.74) is 0.709. The first-order chi connectivity index (χ1) is 12.6. The van der Waals surface area contributed by atoms with Crippen LogP contribution in [0.2, 0.25) is 0 Å². The van der Waals surface area contributed by atoms with Gasteiger partial charge in [0.15, 0.2) is 0 Å². The van der Waals surface area contributed by atoms with Crippen LogP contribution in [0.3, 0.4) is 0 Å². The molecule has 7 heteroatoms. The Bertz CT molecular complexity index is 578. The zero-order chi connectivity index (χ0) is 18.4. The van der Waals surface area contributed by atoms with E-state index in [-0.39, 0.29) is 24.0 Å². The molecule has 2 saturated heterocycles. The van der Waals surface area contributed by atoms with E-state index in [0.29, 0.717) is 25.3 Å². The number of hydrogen-bond acceptors (Lipinski definition) is 5. The van der Waals surface area contributed by atoms with E-state index in [4.69, 9.17) is 9.47 Å². The summed E-state index contributed by atoms with van der Waals surface area (Å²) in [4.78, 5) is 26.5. The van der Waals surface area contributed by atoms with Crippen LogP contribution in [0.1, 0.15) is 49.4 Å². The average Bonchev–Trinajstić information content (AvgIpc) is 3.22. The zero-order valence-corrected chi connectivity index (χ0v) is 16.1. The summed E-state index contributed by atoms with van der Waals surface area (Å²) in [6.07, 6.45) is 4.52. The molecule has 0 spiro atoms. The molecule has 2 aliphatic rings. The number of amides is 2. The Hall–Kier alpha value is -1.44. The molecule has 6 nitrogen and oxygen atoms in total. The van der Waals surface area contributed by atoms with E-state index >= 15 is 0 Å². The highest BCUT2D eigenvalue weighted by molar-refractivity contribution is 7.08. The number of rotatable bonds is 6. The summed E-state index contributed by atoms with van der Waals surface area (Å²) in [5.74, 6) is 0.00336. The van der Waals surface area contributed by atoms with Crippen LogP contribution in [0.5, 0.6) is 0 Å². The molecule has 26 heavy (non-hydrogen) atoms. The summed E-state index contributed by atoms with van der Waals surface area (Å²) in [7, 11) is 0. The molecular formula is C19H28N2O4S. The van der Waals surface area contributed by atoms with Gasteiger partial charge in [-0.05, 0) is 50.5 Å². The van der Waals surface area contributed by atoms with Crippen LogP contribution in [-0.2, 0) is 14.3 Å². The van der Waals surface area contributed by atoms with Gasteiger partial charge in [-0.3, -0.25) is 9.59 Å². The van der Waals surface area contributed by atoms with Crippen molar-refractivity contribution in [3.8, 4) is 0 Å². The number of piperidine rings is 1. The average molecular weight is 381 g/mol. The summed E-state index contributed by atoms with van der Waals surface area (Å²) >= 11 is 1.52. The molecule has 0 aliphatic carbocycles. The van der Waals surface area contributed by atoms with Gasteiger partial charge in [0.05, 0.1) is 12.7 Å². The van der Waals surface area contributed by atoms with Crippen molar-refractivity contribution in [2.45, 2.75) is 57.3 Å². The van der Waals surface area contributed by atoms with Gasteiger partial charge in [-0.15, -0.1) is 0 Å². The van der Waals surface area contributed by atoms with Gasteiger partial charge in [0, 0.05) is 36.7 Å². The first-order valence-corrected chi connectivity index (χ1v) is 10.4. The highest BCUT2D eigenvalue weighted by Gasteiger charge is 2.28. The number of nitrogens with zero attached hydrogens (tertiary/aromatic N) is 1. The smallest absolute Gasteiger partial charge is 0.252 e. The molecule has 3 heterocycles. The van der Waals surface area contributed by atoms with Crippen molar-refractivity contribution in [3.05, 3.63) is 22.4 Å². The fourth-order valence-corrected chi connectivity index (χ4v) is 4.06. The van der Waals surface area contributed by atoms with Crippen molar-refractivity contribution in [2.75, 3.05) is 26.3 Å². The maximum atomic E-state index is 12.6. The first-order valence-electron chi connectivity index (χ1n) is 9.48. The van der Waals surface area contributed by atoms with E-state index in [1.54, 1.807) is 0 Å². The zero-order valence-electron chi connectivity index (χ0n) is 15.3. The standard InChI is InChI=1S/C19H28N2O4S/c1-14(25-12-17-4-2-3-10-24-17)19(23)21-8-5-16(6-9-21)20-18(22)15-7-11-26-13-15/h7,11,13-14,16-17H,2-6,8-10,12H2,1H3,(H,20,22). The minimum atomic E-state index is -0.447. The molecule has 0 bridgehead atoms. The normalized spacial score (nSPS) is 22.8. The molecule has 1 aromatic heterocycles. The van der Waals surface area contributed by atoms with Gasteiger partial charge in [0.2, 0.25) is 0 Å². The Morgan fingerprint density at radius 1 is 1.35 bits per heavy atom. The summed E-state index contributed by atoms with van der Waals surface area (Å²) < 4.78 is 11.4. The van der Waals surface area contributed by atoms with Crippen molar-refractivity contribution >= 4 is 23.2 Å². The fourth-order valence-electron chi connectivity index (χ4n) is 3.43. The number of hydrogen-bond donors (Lipinski definition) is 1. The largest absolute Gasteiger partial charge is 0.376 e. The van der Waals surface area contributed by atoms with E-state index in [9.17, 15) is 9.59 Å². The van der Waals surface area contributed by atoms with Crippen molar-refractivity contribution in [1.82, 2.24) is 10.2 Å². The Morgan fingerprint density at radius 2 is 2.15 bits per heavy atom. The molecule has 0 aromatic carbocycles. The Kier molecular flexibility index (Phi) is 7.05. The van der Waals surface area contributed by atoms with Gasteiger partial charge in [-0.2, -0.15) is 11.3 Å². The topological polar surface area (TPSA) is 67.9 Å². The van der Waals surface area contributed by atoms with E-state index < -0.39 is 6.10 Å².